The van der Waals surface area contributed by atoms with Crippen LogP contribution in [0.2, 0.25) is 0 Å². The number of non-ortho nitro benzene ring substituents is 1. The molecule has 2 aromatic carbocycles. The standard InChI is InChI=1S/C16H12F3N3O5/c1-7(15(23)21-12-5-4-10(17)13(18)14(12)19)27-16(24)9-3-2-8(22(25)26)6-11(9)20/h2-7H,20H2,1H3,(H,21,23)/t7-/m0/s1. The minimum atomic E-state index is -1.77. The predicted octanol–water partition coefficient (Wildman–Crippen LogP) is 2.78. The Morgan fingerprint density at radius 2 is 1.85 bits per heavy atom. The number of rotatable bonds is 5. The van der Waals surface area contributed by atoms with Crippen LogP contribution in [0.4, 0.5) is 30.2 Å². The van der Waals surface area contributed by atoms with Crippen LogP contribution < -0.4 is 11.1 Å². The van der Waals surface area contributed by atoms with E-state index in [1.165, 1.54) is 0 Å². The zero-order valence-corrected chi connectivity index (χ0v) is 13.7. The predicted molar refractivity (Wildman–Crippen MR) is 87.3 cm³/mol. The molecule has 0 spiro atoms. The maximum Gasteiger partial charge on any atom is 0.341 e. The highest BCUT2D eigenvalue weighted by Gasteiger charge is 2.23. The molecule has 1 amide bonds. The quantitative estimate of drug-likeness (QED) is 0.269. The number of nitrogens with one attached hydrogen (secondary N) is 1. The van der Waals surface area contributed by atoms with E-state index in [2.05, 4.69) is 0 Å². The first kappa shape index (κ1) is 19.7. The summed E-state index contributed by atoms with van der Waals surface area (Å²) in [7, 11) is 0. The second kappa shape index (κ2) is 7.72. The summed E-state index contributed by atoms with van der Waals surface area (Å²) in [5.41, 5.74) is 4.10. The van der Waals surface area contributed by atoms with Gasteiger partial charge in [0.25, 0.3) is 11.6 Å². The second-order valence-electron chi connectivity index (χ2n) is 5.29. The Morgan fingerprint density at radius 1 is 1.19 bits per heavy atom. The summed E-state index contributed by atoms with van der Waals surface area (Å²) in [6.07, 6.45) is -1.46. The van der Waals surface area contributed by atoms with Gasteiger partial charge in [0.2, 0.25) is 0 Å². The summed E-state index contributed by atoms with van der Waals surface area (Å²) in [6, 6.07) is 4.43. The number of nitrogen functional groups attached to an aromatic ring is 1. The fourth-order valence-electron chi connectivity index (χ4n) is 1.98. The largest absolute Gasteiger partial charge is 0.449 e. The summed E-state index contributed by atoms with van der Waals surface area (Å²) in [5.74, 6) is -6.89. The molecule has 0 aliphatic rings. The molecule has 0 aliphatic carbocycles. The van der Waals surface area contributed by atoms with Crippen LogP contribution in [0.5, 0.6) is 0 Å². The molecule has 0 saturated carbocycles. The van der Waals surface area contributed by atoms with Crippen LogP contribution in [-0.2, 0) is 9.53 Å². The zero-order chi connectivity index (χ0) is 20.3. The third kappa shape index (κ3) is 4.32. The third-order valence-electron chi connectivity index (χ3n) is 3.41. The summed E-state index contributed by atoms with van der Waals surface area (Å²) >= 11 is 0. The van der Waals surface area contributed by atoms with Crippen molar-refractivity contribution in [2.24, 2.45) is 0 Å². The molecule has 1 atom stereocenters. The fraction of sp³-hybridized carbons (Fsp3) is 0.125. The van der Waals surface area contributed by atoms with Crippen LogP contribution in [-0.4, -0.2) is 22.9 Å². The molecule has 0 radical (unpaired) electrons. The van der Waals surface area contributed by atoms with Crippen molar-refractivity contribution in [1.29, 1.82) is 0 Å². The molecule has 142 valence electrons. The van der Waals surface area contributed by atoms with Crippen LogP contribution in [0.1, 0.15) is 17.3 Å². The molecule has 27 heavy (non-hydrogen) atoms. The van der Waals surface area contributed by atoms with Gasteiger partial charge in [-0.05, 0) is 25.1 Å². The van der Waals surface area contributed by atoms with E-state index in [9.17, 15) is 32.9 Å². The van der Waals surface area contributed by atoms with Crippen molar-refractivity contribution in [2.45, 2.75) is 13.0 Å². The van der Waals surface area contributed by atoms with Crippen LogP contribution in [0.25, 0.3) is 0 Å². The van der Waals surface area contributed by atoms with E-state index < -0.39 is 46.0 Å². The number of nitro benzene ring substituents is 1. The highest BCUT2D eigenvalue weighted by Crippen LogP contribution is 2.22. The Hall–Kier alpha value is -3.63. The maximum atomic E-state index is 13.6. The molecular weight excluding hydrogens is 371 g/mol. The van der Waals surface area contributed by atoms with Gasteiger partial charge in [-0.1, -0.05) is 0 Å². The molecule has 11 heteroatoms. The highest BCUT2D eigenvalue weighted by molar-refractivity contribution is 5.99. The van der Waals surface area contributed by atoms with Crippen LogP contribution in [0.15, 0.2) is 30.3 Å². The van der Waals surface area contributed by atoms with Gasteiger partial charge in [-0.3, -0.25) is 14.9 Å². The van der Waals surface area contributed by atoms with Gasteiger partial charge in [0.15, 0.2) is 23.6 Å². The van der Waals surface area contributed by atoms with E-state index in [-0.39, 0.29) is 16.9 Å². The lowest BCUT2D eigenvalue weighted by Gasteiger charge is -2.14. The van der Waals surface area contributed by atoms with Crippen molar-refractivity contribution in [3.05, 3.63) is 63.5 Å². The van der Waals surface area contributed by atoms with E-state index in [0.717, 1.165) is 31.2 Å². The Morgan fingerprint density at radius 3 is 2.44 bits per heavy atom. The molecule has 2 rings (SSSR count). The molecule has 0 bridgehead atoms. The summed E-state index contributed by atoms with van der Waals surface area (Å²) in [5, 5.41) is 12.6. The highest BCUT2D eigenvalue weighted by atomic mass is 19.2. The summed E-state index contributed by atoms with van der Waals surface area (Å²) < 4.78 is 44.5. The normalized spacial score (nSPS) is 11.6. The third-order valence-corrected chi connectivity index (χ3v) is 3.41. The Kier molecular flexibility index (Phi) is 5.63. The number of esters is 1. The smallest absolute Gasteiger partial charge is 0.341 e. The molecular formula is C16H12F3N3O5. The van der Waals surface area contributed by atoms with E-state index in [1.54, 1.807) is 0 Å². The van der Waals surface area contributed by atoms with E-state index in [4.69, 9.17) is 10.5 Å². The number of nitrogens with two attached hydrogens (primary N) is 1. The van der Waals surface area contributed by atoms with Crippen molar-refractivity contribution in [1.82, 2.24) is 0 Å². The van der Waals surface area contributed by atoms with Crippen molar-refractivity contribution in [3.8, 4) is 0 Å². The van der Waals surface area contributed by atoms with Gasteiger partial charge < -0.3 is 15.8 Å². The van der Waals surface area contributed by atoms with Crippen LogP contribution in [0, 0.1) is 27.6 Å². The number of hydrogen-bond donors (Lipinski definition) is 2. The van der Waals surface area contributed by atoms with E-state index in [0.29, 0.717) is 6.07 Å². The Labute approximate surface area is 149 Å². The molecule has 0 aromatic heterocycles. The molecule has 0 unspecified atom stereocenters. The van der Waals surface area contributed by atoms with Gasteiger partial charge in [-0.25, -0.2) is 18.0 Å². The molecule has 0 aliphatic heterocycles. The number of amides is 1. The van der Waals surface area contributed by atoms with Gasteiger partial charge in [0, 0.05) is 12.1 Å². The number of nitro groups is 1. The van der Waals surface area contributed by atoms with Crippen LogP contribution >= 0.6 is 0 Å². The molecule has 8 nitrogen and oxygen atoms in total. The molecule has 2 aromatic rings. The lowest BCUT2D eigenvalue weighted by atomic mass is 10.1. The Balaban J connectivity index is 2.09. The minimum Gasteiger partial charge on any atom is -0.449 e. The van der Waals surface area contributed by atoms with Gasteiger partial charge in [-0.2, -0.15) is 0 Å². The number of carbonyl (C=O) groups excluding carboxylic acids is 2. The summed E-state index contributed by atoms with van der Waals surface area (Å²) in [4.78, 5) is 33.9. The monoisotopic (exact) mass is 383 g/mol. The number of ether oxygens (including phenoxy) is 1. The average molecular weight is 383 g/mol. The fourth-order valence-corrected chi connectivity index (χ4v) is 1.98. The van der Waals surface area contributed by atoms with Crippen molar-refractivity contribution in [3.63, 3.8) is 0 Å². The SMILES string of the molecule is C[C@H](OC(=O)c1ccc([N+](=O)[O-])cc1N)C(=O)Nc1ccc(F)c(F)c1F. The first-order valence-electron chi connectivity index (χ1n) is 7.31. The van der Waals surface area contributed by atoms with Crippen molar-refractivity contribution < 1.29 is 32.4 Å². The number of hydrogen-bond acceptors (Lipinski definition) is 6. The average Bonchev–Trinajstić information content (AvgIpc) is 2.61. The number of halogens is 3. The van der Waals surface area contributed by atoms with Gasteiger partial charge >= 0.3 is 5.97 Å². The first-order valence-corrected chi connectivity index (χ1v) is 7.31. The first-order chi connectivity index (χ1) is 12.6. The van der Waals surface area contributed by atoms with Crippen molar-refractivity contribution >= 4 is 28.9 Å². The number of nitrogens with zero attached hydrogens (tertiary/aromatic N) is 1. The van der Waals surface area contributed by atoms with Crippen LogP contribution in [0.3, 0.4) is 0 Å². The molecule has 0 heterocycles. The lowest BCUT2D eigenvalue weighted by molar-refractivity contribution is -0.384. The second-order valence-corrected chi connectivity index (χ2v) is 5.29. The van der Waals surface area contributed by atoms with Crippen molar-refractivity contribution in [2.75, 3.05) is 11.1 Å². The molecule has 3 N–H and O–H groups in total. The number of benzene rings is 2. The molecule has 0 saturated heterocycles. The van der Waals surface area contributed by atoms with Gasteiger partial charge in [-0.15, -0.1) is 0 Å². The van der Waals surface area contributed by atoms with Gasteiger partial charge in [0.05, 0.1) is 21.9 Å². The van der Waals surface area contributed by atoms with E-state index in [1.807, 2.05) is 5.32 Å². The summed E-state index contributed by atoms with van der Waals surface area (Å²) in [6.45, 7) is 1.15. The Bertz CT molecular complexity index is 936. The lowest BCUT2D eigenvalue weighted by Crippen LogP contribution is -2.30. The topological polar surface area (TPSA) is 125 Å². The maximum absolute atomic E-state index is 13.6. The number of carbonyl (C=O) groups is 2. The van der Waals surface area contributed by atoms with Gasteiger partial charge in [0.1, 0.15) is 0 Å². The zero-order valence-electron chi connectivity index (χ0n) is 13.7. The minimum absolute atomic E-state index is 0.223. The van der Waals surface area contributed by atoms with E-state index >= 15 is 0 Å². The molecule has 0 fully saturated rings. The number of anilines is 2.